The molecule has 0 saturated carbocycles. The first kappa shape index (κ1) is 16.7. The van der Waals surface area contributed by atoms with Gasteiger partial charge in [0.2, 0.25) is 10.0 Å². The molecule has 3 rings (SSSR count). The molecule has 5 heteroatoms. The van der Waals surface area contributed by atoms with Crippen molar-refractivity contribution in [1.29, 1.82) is 0 Å². The van der Waals surface area contributed by atoms with Crippen LogP contribution in [0.2, 0.25) is 0 Å². The quantitative estimate of drug-likeness (QED) is 0.808. The summed E-state index contributed by atoms with van der Waals surface area (Å²) in [4.78, 5) is 1.57. The molecule has 0 bridgehead atoms. The normalized spacial score (nSPS) is 20.3. The molecular formula is C18H23NO2S2. The zero-order valence-corrected chi connectivity index (χ0v) is 15.1. The van der Waals surface area contributed by atoms with E-state index in [4.69, 9.17) is 0 Å². The lowest BCUT2D eigenvalue weighted by Crippen LogP contribution is -2.34. The predicted molar refractivity (Wildman–Crippen MR) is 95.2 cm³/mol. The standard InChI is InChI=1S/C18H23NO2S2/c1-2-15-9-11-16(12-10-15)23(20,21)19-13-5-3-4-7-17(19)18-8-6-14-22-18/h6,8-12,14,17H,2-5,7,13H2,1H3. The van der Waals surface area contributed by atoms with Crippen LogP contribution in [0.3, 0.4) is 0 Å². The highest BCUT2D eigenvalue weighted by molar-refractivity contribution is 7.89. The minimum atomic E-state index is -3.45. The number of benzene rings is 1. The van der Waals surface area contributed by atoms with E-state index in [2.05, 4.69) is 13.0 Å². The van der Waals surface area contributed by atoms with Crippen LogP contribution < -0.4 is 0 Å². The lowest BCUT2D eigenvalue weighted by atomic mass is 10.1. The van der Waals surface area contributed by atoms with Crippen molar-refractivity contribution in [1.82, 2.24) is 4.31 Å². The van der Waals surface area contributed by atoms with Gasteiger partial charge in [-0.25, -0.2) is 8.42 Å². The Hall–Kier alpha value is -1.17. The summed E-state index contributed by atoms with van der Waals surface area (Å²) in [6, 6.07) is 11.4. The molecule has 1 aromatic heterocycles. The molecule has 124 valence electrons. The van der Waals surface area contributed by atoms with Crippen molar-refractivity contribution >= 4 is 21.4 Å². The van der Waals surface area contributed by atoms with Crippen molar-refractivity contribution in [3.63, 3.8) is 0 Å². The third-order valence-corrected chi connectivity index (χ3v) is 7.41. The van der Waals surface area contributed by atoms with Crippen LogP contribution in [0.25, 0.3) is 0 Å². The van der Waals surface area contributed by atoms with Gasteiger partial charge in [0.05, 0.1) is 10.9 Å². The van der Waals surface area contributed by atoms with Gasteiger partial charge in [-0.3, -0.25) is 0 Å². The molecule has 23 heavy (non-hydrogen) atoms. The second-order valence-electron chi connectivity index (χ2n) is 5.99. The summed E-state index contributed by atoms with van der Waals surface area (Å²) < 4.78 is 28.1. The van der Waals surface area contributed by atoms with E-state index in [1.807, 2.05) is 23.6 Å². The van der Waals surface area contributed by atoms with Crippen LogP contribution in [0.1, 0.15) is 49.1 Å². The molecule has 0 radical (unpaired) electrons. The number of hydrogen-bond donors (Lipinski definition) is 0. The van der Waals surface area contributed by atoms with Crippen molar-refractivity contribution in [2.45, 2.75) is 50.0 Å². The average molecular weight is 350 g/mol. The molecule has 1 aliphatic heterocycles. The van der Waals surface area contributed by atoms with Gasteiger partial charge in [0, 0.05) is 11.4 Å². The fourth-order valence-electron chi connectivity index (χ4n) is 3.17. The highest BCUT2D eigenvalue weighted by atomic mass is 32.2. The fourth-order valence-corrected chi connectivity index (χ4v) is 5.78. The molecular weight excluding hydrogens is 326 g/mol. The first-order valence-corrected chi connectivity index (χ1v) is 10.6. The predicted octanol–water partition coefficient (Wildman–Crippen LogP) is 4.62. The highest BCUT2D eigenvalue weighted by Crippen LogP contribution is 2.36. The van der Waals surface area contributed by atoms with E-state index in [-0.39, 0.29) is 6.04 Å². The maximum atomic E-state index is 13.2. The van der Waals surface area contributed by atoms with E-state index in [0.717, 1.165) is 42.5 Å². The molecule has 1 aliphatic rings. The van der Waals surface area contributed by atoms with Crippen LogP contribution in [0.5, 0.6) is 0 Å². The Labute approximate surface area is 143 Å². The number of sulfonamides is 1. The molecule has 1 fully saturated rings. The summed E-state index contributed by atoms with van der Waals surface area (Å²) in [6.07, 6.45) is 4.95. The number of thiophene rings is 1. The van der Waals surface area contributed by atoms with Crippen LogP contribution in [0.15, 0.2) is 46.7 Å². The van der Waals surface area contributed by atoms with Gasteiger partial charge in [-0.2, -0.15) is 4.31 Å². The Morgan fingerprint density at radius 3 is 2.57 bits per heavy atom. The summed E-state index contributed by atoms with van der Waals surface area (Å²) >= 11 is 1.65. The van der Waals surface area contributed by atoms with Gasteiger partial charge in [0.1, 0.15) is 0 Å². The lowest BCUT2D eigenvalue weighted by molar-refractivity contribution is 0.333. The maximum absolute atomic E-state index is 13.2. The molecule has 1 aromatic carbocycles. The van der Waals surface area contributed by atoms with Crippen molar-refractivity contribution in [3.8, 4) is 0 Å². The van der Waals surface area contributed by atoms with Crippen LogP contribution in [0.4, 0.5) is 0 Å². The van der Waals surface area contributed by atoms with E-state index < -0.39 is 10.0 Å². The number of rotatable bonds is 4. The third kappa shape index (κ3) is 3.52. The summed E-state index contributed by atoms with van der Waals surface area (Å²) in [7, 11) is -3.45. The van der Waals surface area contributed by atoms with E-state index >= 15 is 0 Å². The van der Waals surface area contributed by atoms with Crippen molar-refractivity contribution in [2.24, 2.45) is 0 Å². The van der Waals surface area contributed by atoms with Crippen LogP contribution >= 0.6 is 11.3 Å². The molecule has 1 atom stereocenters. The molecule has 0 amide bonds. The molecule has 2 heterocycles. The molecule has 0 N–H and O–H groups in total. The molecule has 0 spiro atoms. The Balaban J connectivity index is 1.97. The van der Waals surface area contributed by atoms with Crippen molar-refractivity contribution < 1.29 is 8.42 Å². The minimum absolute atomic E-state index is 0.0200. The number of nitrogens with zero attached hydrogens (tertiary/aromatic N) is 1. The van der Waals surface area contributed by atoms with Crippen molar-refractivity contribution in [3.05, 3.63) is 52.2 Å². The number of hydrogen-bond acceptors (Lipinski definition) is 3. The van der Waals surface area contributed by atoms with E-state index in [1.54, 1.807) is 27.8 Å². The molecule has 0 aliphatic carbocycles. The minimum Gasteiger partial charge on any atom is -0.207 e. The Kier molecular flexibility index (Phi) is 5.19. The van der Waals surface area contributed by atoms with Gasteiger partial charge in [-0.05, 0) is 48.4 Å². The zero-order chi connectivity index (χ0) is 16.3. The molecule has 1 saturated heterocycles. The topological polar surface area (TPSA) is 37.4 Å². The molecule has 2 aromatic rings. The van der Waals surface area contributed by atoms with Crippen molar-refractivity contribution in [2.75, 3.05) is 6.54 Å². The Morgan fingerprint density at radius 2 is 1.91 bits per heavy atom. The monoisotopic (exact) mass is 349 g/mol. The van der Waals surface area contributed by atoms with Crippen LogP contribution in [-0.4, -0.2) is 19.3 Å². The van der Waals surface area contributed by atoms with Gasteiger partial charge >= 0.3 is 0 Å². The average Bonchev–Trinajstić information content (AvgIpc) is 2.98. The summed E-state index contributed by atoms with van der Waals surface area (Å²) in [5.74, 6) is 0. The van der Waals surface area contributed by atoms with Crippen LogP contribution in [0, 0.1) is 0 Å². The maximum Gasteiger partial charge on any atom is 0.243 e. The third-order valence-electron chi connectivity index (χ3n) is 4.51. The zero-order valence-electron chi connectivity index (χ0n) is 13.4. The summed E-state index contributed by atoms with van der Waals surface area (Å²) in [6.45, 7) is 2.69. The second-order valence-corrected chi connectivity index (χ2v) is 8.86. The van der Waals surface area contributed by atoms with Gasteiger partial charge in [0.15, 0.2) is 0 Å². The van der Waals surface area contributed by atoms with Gasteiger partial charge < -0.3 is 0 Å². The van der Waals surface area contributed by atoms with E-state index in [1.165, 1.54) is 0 Å². The SMILES string of the molecule is CCc1ccc(S(=O)(=O)N2CCCCCC2c2cccs2)cc1. The largest absolute Gasteiger partial charge is 0.243 e. The smallest absolute Gasteiger partial charge is 0.207 e. The fraction of sp³-hybridized carbons (Fsp3) is 0.444. The Bertz CT molecular complexity index is 721. The second kappa shape index (κ2) is 7.16. The highest BCUT2D eigenvalue weighted by Gasteiger charge is 2.33. The summed E-state index contributed by atoms with van der Waals surface area (Å²) in [5.41, 5.74) is 1.16. The van der Waals surface area contributed by atoms with E-state index in [9.17, 15) is 8.42 Å². The van der Waals surface area contributed by atoms with E-state index in [0.29, 0.717) is 11.4 Å². The van der Waals surface area contributed by atoms with Gasteiger partial charge in [0.25, 0.3) is 0 Å². The first-order chi connectivity index (χ1) is 11.1. The summed E-state index contributed by atoms with van der Waals surface area (Å²) in [5, 5.41) is 2.03. The molecule has 3 nitrogen and oxygen atoms in total. The van der Waals surface area contributed by atoms with Gasteiger partial charge in [-0.1, -0.05) is 38.0 Å². The Morgan fingerprint density at radius 1 is 1.13 bits per heavy atom. The molecule has 1 unspecified atom stereocenters. The van der Waals surface area contributed by atoms with Gasteiger partial charge in [-0.15, -0.1) is 11.3 Å². The first-order valence-electron chi connectivity index (χ1n) is 8.27. The van der Waals surface area contributed by atoms with Crippen LogP contribution in [-0.2, 0) is 16.4 Å². The number of aryl methyl sites for hydroxylation is 1. The lowest BCUT2D eigenvalue weighted by Gasteiger charge is -2.28.